The molecule has 1 aliphatic heterocycles. The second kappa shape index (κ2) is 3.89. The molecule has 1 saturated carbocycles. The van der Waals surface area contributed by atoms with Crippen LogP contribution in [0.1, 0.15) is 45.4 Å². The van der Waals surface area contributed by atoms with Crippen LogP contribution in [0.5, 0.6) is 0 Å². The number of carbonyl (C=O) groups excluding carboxylic acids is 1. The van der Waals surface area contributed by atoms with E-state index in [4.69, 9.17) is 0 Å². The van der Waals surface area contributed by atoms with Crippen LogP contribution < -0.4 is 10.6 Å². The molecule has 0 bridgehead atoms. The number of nitrogens with one attached hydrogen (secondary N) is 2. The Kier molecular flexibility index (Phi) is 2.77. The van der Waals surface area contributed by atoms with Crippen LogP contribution in [0, 0.1) is 0 Å². The van der Waals surface area contributed by atoms with Crippen LogP contribution in [0.4, 0.5) is 0 Å². The van der Waals surface area contributed by atoms with Crippen molar-refractivity contribution in [3.8, 4) is 0 Å². The first kappa shape index (κ1) is 9.97. The molecule has 0 spiro atoms. The molecular formula is C11H20N2O. The van der Waals surface area contributed by atoms with Gasteiger partial charge in [0.05, 0.1) is 6.04 Å². The first-order valence-corrected chi connectivity index (χ1v) is 5.81. The molecule has 0 radical (unpaired) electrons. The van der Waals surface area contributed by atoms with E-state index in [1.165, 1.54) is 19.3 Å². The van der Waals surface area contributed by atoms with E-state index in [1.807, 2.05) is 0 Å². The van der Waals surface area contributed by atoms with E-state index in [2.05, 4.69) is 17.6 Å². The molecule has 1 amide bonds. The monoisotopic (exact) mass is 196 g/mol. The Morgan fingerprint density at radius 3 is 2.71 bits per heavy atom. The maximum atomic E-state index is 11.8. The minimum absolute atomic E-state index is 0.0824. The molecule has 1 atom stereocenters. The van der Waals surface area contributed by atoms with Crippen molar-refractivity contribution >= 4 is 5.91 Å². The summed E-state index contributed by atoms with van der Waals surface area (Å²) in [7, 11) is 0. The average Bonchev–Trinajstić information content (AvgIpc) is 2.63. The zero-order valence-corrected chi connectivity index (χ0v) is 8.94. The summed E-state index contributed by atoms with van der Waals surface area (Å²) in [5.74, 6) is 0.226. The number of carbonyl (C=O) groups is 1. The quantitative estimate of drug-likeness (QED) is 0.712. The van der Waals surface area contributed by atoms with Crippen LogP contribution in [-0.2, 0) is 4.79 Å². The Morgan fingerprint density at radius 1 is 1.50 bits per heavy atom. The van der Waals surface area contributed by atoms with Gasteiger partial charge in [-0.1, -0.05) is 6.92 Å². The van der Waals surface area contributed by atoms with Gasteiger partial charge >= 0.3 is 0 Å². The second-order valence-electron chi connectivity index (χ2n) is 4.63. The summed E-state index contributed by atoms with van der Waals surface area (Å²) in [6.45, 7) is 3.17. The van der Waals surface area contributed by atoms with Crippen LogP contribution in [0.15, 0.2) is 0 Å². The van der Waals surface area contributed by atoms with E-state index >= 15 is 0 Å². The number of hydrogen-bond donors (Lipinski definition) is 2. The van der Waals surface area contributed by atoms with Gasteiger partial charge in [0, 0.05) is 5.54 Å². The first-order chi connectivity index (χ1) is 6.76. The molecular weight excluding hydrogens is 176 g/mol. The van der Waals surface area contributed by atoms with E-state index in [0.29, 0.717) is 0 Å². The largest absolute Gasteiger partial charge is 0.349 e. The van der Waals surface area contributed by atoms with Crippen LogP contribution in [-0.4, -0.2) is 24.0 Å². The molecule has 3 heteroatoms. The van der Waals surface area contributed by atoms with Gasteiger partial charge < -0.3 is 10.6 Å². The van der Waals surface area contributed by atoms with Crippen molar-refractivity contribution in [2.75, 3.05) is 6.54 Å². The van der Waals surface area contributed by atoms with Crippen molar-refractivity contribution in [3.05, 3.63) is 0 Å². The summed E-state index contributed by atoms with van der Waals surface area (Å²) in [5.41, 5.74) is 0.154. The highest BCUT2D eigenvalue weighted by Crippen LogP contribution is 2.34. The molecule has 1 unspecified atom stereocenters. The second-order valence-corrected chi connectivity index (χ2v) is 4.63. The van der Waals surface area contributed by atoms with Gasteiger partial charge in [-0.25, -0.2) is 0 Å². The van der Waals surface area contributed by atoms with Crippen molar-refractivity contribution in [1.82, 2.24) is 10.6 Å². The van der Waals surface area contributed by atoms with Crippen molar-refractivity contribution < 1.29 is 4.79 Å². The van der Waals surface area contributed by atoms with E-state index in [0.717, 1.165) is 25.8 Å². The van der Waals surface area contributed by atoms with Crippen LogP contribution in [0.2, 0.25) is 0 Å². The molecule has 1 aliphatic carbocycles. The Bertz CT molecular complexity index is 212. The highest BCUT2D eigenvalue weighted by Gasteiger charge is 2.38. The first-order valence-electron chi connectivity index (χ1n) is 5.81. The fourth-order valence-corrected chi connectivity index (χ4v) is 2.43. The van der Waals surface area contributed by atoms with Gasteiger partial charge in [0.25, 0.3) is 0 Å². The van der Waals surface area contributed by atoms with Crippen LogP contribution in [0.3, 0.4) is 0 Å². The minimum Gasteiger partial charge on any atom is -0.349 e. The highest BCUT2D eigenvalue weighted by molar-refractivity contribution is 5.82. The third-order valence-electron chi connectivity index (χ3n) is 3.75. The summed E-state index contributed by atoms with van der Waals surface area (Å²) < 4.78 is 0. The third-order valence-corrected chi connectivity index (χ3v) is 3.75. The van der Waals surface area contributed by atoms with Gasteiger partial charge in [0.15, 0.2) is 0 Å². The lowest BCUT2D eigenvalue weighted by molar-refractivity contribution is -0.125. The molecule has 2 fully saturated rings. The fraction of sp³-hybridized carbons (Fsp3) is 0.909. The summed E-state index contributed by atoms with van der Waals surface area (Å²) in [6.07, 6.45) is 6.82. The van der Waals surface area contributed by atoms with Gasteiger partial charge in [-0.05, 0) is 45.1 Å². The summed E-state index contributed by atoms with van der Waals surface area (Å²) in [6, 6.07) is 0.0824. The predicted molar refractivity (Wildman–Crippen MR) is 56.0 cm³/mol. The average molecular weight is 196 g/mol. The molecule has 2 rings (SSSR count). The van der Waals surface area contributed by atoms with Gasteiger partial charge in [0.1, 0.15) is 0 Å². The molecule has 3 nitrogen and oxygen atoms in total. The zero-order valence-electron chi connectivity index (χ0n) is 8.94. The molecule has 0 aromatic carbocycles. The topological polar surface area (TPSA) is 41.1 Å². The molecule has 0 aromatic heterocycles. The SMILES string of the molecule is CCC1(NC(=O)C2CCCN2)CCC1. The lowest BCUT2D eigenvalue weighted by atomic mass is 9.74. The molecule has 2 N–H and O–H groups in total. The molecule has 1 saturated heterocycles. The lowest BCUT2D eigenvalue weighted by Crippen LogP contribution is -2.56. The van der Waals surface area contributed by atoms with Crippen molar-refractivity contribution in [1.29, 1.82) is 0 Å². The zero-order chi connectivity index (χ0) is 10.0. The Labute approximate surface area is 85.6 Å². The standard InChI is InChI=1S/C11H20N2O/c1-2-11(6-4-7-11)13-10(14)9-5-3-8-12-9/h9,12H,2-8H2,1H3,(H,13,14). The summed E-state index contributed by atoms with van der Waals surface area (Å²) in [4.78, 5) is 11.8. The Balaban J connectivity index is 1.86. The molecule has 2 aliphatic rings. The number of rotatable bonds is 3. The third kappa shape index (κ3) is 1.78. The maximum Gasteiger partial charge on any atom is 0.237 e. The van der Waals surface area contributed by atoms with Crippen LogP contribution in [0.25, 0.3) is 0 Å². The highest BCUT2D eigenvalue weighted by atomic mass is 16.2. The van der Waals surface area contributed by atoms with E-state index in [9.17, 15) is 4.79 Å². The minimum atomic E-state index is 0.0824. The number of hydrogen-bond acceptors (Lipinski definition) is 2. The van der Waals surface area contributed by atoms with Crippen molar-refractivity contribution in [2.45, 2.75) is 57.0 Å². The Hall–Kier alpha value is -0.570. The van der Waals surface area contributed by atoms with Gasteiger partial charge in [-0.3, -0.25) is 4.79 Å². The van der Waals surface area contributed by atoms with Gasteiger partial charge in [-0.15, -0.1) is 0 Å². The normalized spacial score (nSPS) is 29.6. The Morgan fingerprint density at radius 2 is 2.29 bits per heavy atom. The number of amides is 1. The summed E-state index contributed by atoms with van der Waals surface area (Å²) in [5, 5.41) is 6.46. The smallest absolute Gasteiger partial charge is 0.237 e. The molecule has 80 valence electrons. The van der Waals surface area contributed by atoms with Gasteiger partial charge in [0.2, 0.25) is 5.91 Å². The van der Waals surface area contributed by atoms with E-state index < -0.39 is 0 Å². The van der Waals surface area contributed by atoms with Crippen LogP contribution >= 0.6 is 0 Å². The van der Waals surface area contributed by atoms with Crippen molar-refractivity contribution in [3.63, 3.8) is 0 Å². The predicted octanol–water partition coefficient (Wildman–Crippen LogP) is 1.19. The van der Waals surface area contributed by atoms with Gasteiger partial charge in [-0.2, -0.15) is 0 Å². The molecule has 1 heterocycles. The summed E-state index contributed by atoms with van der Waals surface area (Å²) >= 11 is 0. The fourth-order valence-electron chi connectivity index (χ4n) is 2.43. The van der Waals surface area contributed by atoms with E-state index in [1.54, 1.807) is 0 Å². The maximum absolute atomic E-state index is 11.8. The van der Waals surface area contributed by atoms with Crippen molar-refractivity contribution in [2.24, 2.45) is 0 Å². The molecule has 0 aromatic rings. The molecule has 14 heavy (non-hydrogen) atoms. The lowest BCUT2D eigenvalue weighted by Gasteiger charge is -2.42. The van der Waals surface area contributed by atoms with E-state index in [-0.39, 0.29) is 17.5 Å².